The number of rotatable bonds is 3. The fourth-order valence-electron chi connectivity index (χ4n) is 1.84. The van der Waals surface area contributed by atoms with Crippen molar-refractivity contribution in [2.75, 3.05) is 6.61 Å². The highest BCUT2D eigenvalue weighted by Gasteiger charge is 2.26. The van der Waals surface area contributed by atoms with E-state index >= 15 is 0 Å². The molecule has 1 aliphatic rings. The molecule has 2 aromatic heterocycles. The summed E-state index contributed by atoms with van der Waals surface area (Å²) < 4.78 is 6.59. The first-order valence-electron chi connectivity index (χ1n) is 5.81. The predicted octanol–water partition coefficient (Wildman–Crippen LogP) is 1.78. The van der Waals surface area contributed by atoms with E-state index in [1.807, 2.05) is 12.3 Å². The summed E-state index contributed by atoms with van der Waals surface area (Å²) in [5.41, 5.74) is 2.07. The van der Waals surface area contributed by atoms with E-state index in [2.05, 4.69) is 10.1 Å². The minimum absolute atomic E-state index is 0.358. The van der Waals surface area contributed by atoms with Crippen LogP contribution in [0.25, 0.3) is 5.65 Å². The number of nitrogens with zero attached hydrogens (tertiary/aromatic N) is 3. The first kappa shape index (κ1) is 10.3. The lowest BCUT2D eigenvalue weighted by Gasteiger charge is -2.01. The molecule has 0 aromatic carbocycles. The standard InChI is InChI=1S/C12H13N3O2/c1-2-17-12(16)9-7-13-15-6-5-10(8-3-4-8)14-11(9)15/h5-8H,2-4H2,1H3. The van der Waals surface area contributed by atoms with Crippen LogP contribution in [-0.2, 0) is 4.74 Å². The molecular formula is C12H13N3O2. The molecular weight excluding hydrogens is 218 g/mol. The van der Waals surface area contributed by atoms with Gasteiger partial charge in [-0.15, -0.1) is 0 Å². The van der Waals surface area contributed by atoms with E-state index in [9.17, 15) is 4.79 Å². The molecule has 17 heavy (non-hydrogen) atoms. The van der Waals surface area contributed by atoms with Crippen LogP contribution in [0.2, 0.25) is 0 Å². The molecule has 0 atom stereocenters. The first-order chi connectivity index (χ1) is 8.29. The van der Waals surface area contributed by atoms with Crippen LogP contribution in [0, 0.1) is 0 Å². The molecule has 1 saturated carbocycles. The Balaban J connectivity index is 2.05. The van der Waals surface area contributed by atoms with Crippen LogP contribution in [-0.4, -0.2) is 27.2 Å². The van der Waals surface area contributed by atoms with Gasteiger partial charge in [0.25, 0.3) is 0 Å². The largest absolute Gasteiger partial charge is 0.462 e. The third-order valence-corrected chi connectivity index (χ3v) is 2.88. The highest BCUT2D eigenvalue weighted by Crippen LogP contribution is 2.38. The van der Waals surface area contributed by atoms with Crippen molar-refractivity contribution in [1.82, 2.24) is 14.6 Å². The molecule has 0 radical (unpaired) electrons. The van der Waals surface area contributed by atoms with E-state index < -0.39 is 0 Å². The number of carbonyl (C=O) groups excluding carboxylic acids is 1. The van der Waals surface area contributed by atoms with Gasteiger partial charge in [0.1, 0.15) is 5.56 Å². The molecule has 0 saturated heterocycles. The van der Waals surface area contributed by atoms with Crippen LogP contribution in [0.3, 0.4) is 0 Å². The Hall–Kier alpha value is -1.91. The summed E-state index contributed by atoms with van der Waals surface area (Å²) in [5.74, 6) is 0.202. The van der Waals surface area contributed by atoms with E-state index in [1.165, 1.54) is 19.0 Å². The predicted molar refractivity (Wildman–Crippen MR) is 60.9 cm³/mol. The molecule has 0 spiro atoms. The number of fused-ring (bicyclic) bond motifs is 1. The third kappa shape index (κ3) is 1.77. The quantitative estimate of drug-likeness (QED) is 0.755. The second-order valence-corrected chi connectivity index (χ2v) is 4.17. The van der Waals surface area contributed by atoms with Crippen molar-refractivity contribution in [3.05, 3.63) is 29.7 Å². The van der Waals surface area contributed by atoms with Gasteiger partial charge in [-0.25, -0.2) is 14.3 Å². The number of ether oxygens (including phenoxy) is 1. The average molecular weight is 231 g/mol. The number of esters is 1. The lowest BCUT2D eigenvalue weighted by Crippen LogP contribution is -2.05. The molecule has 0 aliphatic heterocycles. The van der Waals surface area contributed by atoms with Crippen molar-refractivity contribution >= 4 is 11.6 Å². The molecule has 2 aromatic rings. The SMILES string of the molecule is CCOC(=O)c1cnn2ccc(C3CC3)nc12. The van der Waals surface area contributed by atoms with Gasteiger partial charge in [0, 0.05) is 17.8 Å². The lowest BCUT2D eigenvalue weighted by molar-refractivity contribution is 0.0528. The van der Waals surface area contributed by atoms with Gasteiger partial charge in [-0.3, -0.25) is 0 Å². The molecule has 88 valence electrons. The lowest BCUT2D eigenvalue weighted by atomic mass is 10.2. The van der Waals surface area contributed by atoms with E-state index in [0.29, 0.717) is 23.7 Å². The van der Waals surface area contributed by atoms with Gasteiger partial charge in [-0.2, -0.15) is 5.10 Å². The molecule has 3 rings (SSSR count). The average Bonchev–Trinajstić information content (AvgIpc) is 3.09. The second-order valence-electron chi connectivity index (χ2n) is 4.17. The van der Waals surface area contributed by atoms with Crippen LogP contribution in [0.5, 0.6) is 0 Å². The third-order valence-electron chi connectivity index (χ3n) is 2.88. The zero-order valence-corrected chi connectivity index (χ0v) is 9.59. The normalized spacial score (nSPS) is 15.1. The van der Waals surface area contributed by atoms with Crippen molar-refractivity contribution in [3.63, 3.8) is 0 Å². The molecule has 5 heteroatoms. The van der Waals surface area contributed by atoms with Gasteiger partial charge in [0.15, 0.2) is 5.65 Å². The Morgan fingerprint density at radius 3 is 3.12 bits per heavy atom. The fourth-order valence-corrected chi connectivity index (χ4v) is 1.84. The van der Waals surface area contributed by atoms with Gasteiger partial charge in [0.05, 0.1) is 12.8 Å². The Kier molecular flexibility index (Phi) is 2.31. The van der Waals surface area contributed by atoms with E-state index in [4.69, 9.17) is 4.74 Å². The highest BCUT2D eigenvalue weighted by molar-refractivity contribution is 5.95. The minimum Gasteiger partial charge on any atom is -0.462 e. The summed E-state index contributed by atoms with van der Waals surface area (Å²) in [4.78, 5) is 16.2. The first-order valence-corrected chi connectivity index (χ1v) is 5.81. The smallest absolute Gasteiger partial charge is 0.343 e. The van der Waals surface area contributed by atoms with Gasteiger partial charge in [-0.05, 0) is 25.8 Å². The second kappa shape index (κ2) is 3.84. The van der Waals surface area contributed by atoms with Crippen LogP contribution in [0.15, 0.2) is 18.5 Å². The molecule has 0 bridgehead atoms. The summed E-state index contributed by atoms with van der Waals surface area (Å²) in [5, 5.41) is 4.10. The van der Waals surface area contributed by atoms with Crippen molar-refractivity contribution in [1.29, 1.82) is 0 Å². The number of hydrogen-bond acceptors (Lipinski definition) is 4. The van der Waals surface area contributed by atoms with E-state index in [1.54, 1.807) is 11.4 Å². The maximum Gasteiger partial charge on any atom is 0.343 e. The van der Waals surface area contributed by atoms with Crippen molar-refractivity contribution in [3.8, 4) is 0 Å². The van der Waals surface area contributed by atoms with Crippen molar-refractivity contribution in [2.45, 2.75) is 25.7 Å². The van der Waals surface area contributed by atoms with Gasteiger partial charge >= 0.3 is 5.97 Å². The zero-order valence-electron chi connectivity index (χ0n) is 9.59. The van der Waals surface area contributed by atoms with Crippen LogP contribution < -0.4 is 0 Å². The molecule has 1 fully saturated rings. The van der Waals surface area contributed by atoms with E-state index in [-0.39, 0.29) is 5.97 Å². The maximum absolute atomic E-state index is 11.7. The highest BCUT2D eigenvalue weighted by atomic mass is 16.5. The summed E-state index contributed by atoms with van der Waals surface area (Å²) in [7, 11) is 0. The monoisotopic (exact) mass is 231 g/mol. The molecule has 0 unspecified atom stereocenters. The maximum atomic E-state index is 11.7. The molecule has 5 nitrogen and oxygen atoms in total. The zero-order chi connectivity index (χ0) is 11.8. The molecule has 0 N–H and O–H groups in total. The van der Waals surface area contributed by atoms with E-state index in [0.717, 1.165) is 5.69 Å². The van der Waals surface area contributed by atoms with Gasteiger partial charge < -0.3 is 4.74 Å². The topological polar surface area (TPSA) is 56.5 Å². The van der Waals surface area contributed by atoms with Crippen LogP contribution in [0.1, 0.15) is 41.7 Å². The van der Waals surface area contributed by atoms with Crippen LogP contribution in [0.4, 0.5) is 0 Å². The van der Waals surface area contributed by atoms with Crippen molar-refractivity contribution in [2.24, 2.45) is 0 Å². The Bertz CT molecular complexity index is 572. The minimum atomic E-state index is -0.358. The summed E-state index contributed by atoms with van der Waals surface area (Å²) in [6.45, 7) is 2.14. The molecule has 2 heterocycles. The number of hydrogen-bond donors (Lipinski definition) is 0. The summed E-state index contributed by atoms with van der Waals surface area (Å²) in [6, 6.07) is 1.96. The summed E-state index contributed by atoms with van der Waals surface area (Å²) in [6.07, 6.45) is 5.73. The van der Waals surface area contributed by atoms with Crippen LogP contribution >= 0.6 is 0 Å². The molecule has 0 amide bonds. The number of carbonyl (C=O) groups is 1. The number of aromatic nitrogens is 3. The summed E-state index contributed by atoms with van der Waals surface area (Å²) >= 11 is 0. The molecule has 1 aliphatic carbocycles. The Morgan fingerprint density at radius 2 is 2.41 bits per heavy atom. The fraction of sp³-hybridized carbons (Fsp3) is 0.417. The van der Waals surface area contributed by atoms with Gasteiger partial charge in [0.2, 0.25) is 0 Å². The Morgan fingerprint density at radius 1 is 1.59 bits per heavy atom. The Labute approximate surface area is 98.4 Å². The van der Waals surface area contributed by atoms with Gasteiger partial charge in [-0.1, -0.05) is 0 Å². The van der Waals surface area contributed by atoms with Crippen molar-refractivity contribution < 1.29 is 9.53 Å².